The second kappa shape index (κ2) is 7.55. The molecular formula is C14H14BrCl2N6O+. The fourth-order valence-electron chi connectivity index (χ4n) is 2.70. The first-order valence-corrected chi connectivity index (χ1v) is 7.63. The first-order chi connectivity index (χ1) is 11.1. The third kappa shape index (κ3) is 3.29. The van der Waals surface area contributed by atoms with Crippen LogP contribution in [0.1, 0.15) is 5.56 Å². The van der Waals surface area contributed by atoms with Gasteiger partial charge in [-0.2, -0.15) is 0 Å². The lowest BCUT2D eigenvalue weighted by Gasteiger charge is -2.28. The lowest BCUT2D eigenvalue weighted by atomic mass is 10.0. The van der Waals surface area contributed by atoms with Gasteiger partial charge in [-0.15, -0.1) is 17.0 Å². The Kier molecular flexibility index (Phi) is 5.90. The summed E-state index contributed by atoms with van der Waals surface area (Å²) in [6.07, 6.45) is 3.48. The van der Waals surface area contributed by atoms with Gasteiger partial charge in [-0.1, -0.05) is 39.4 Å². The van der Waals surface area contributed by atoms with E-state index in [1.807, 2.05) is 10.8 Å². The Balaban J connectivity index is 0.00000208. The summed E-state index contributed by atoms with van der Waals surface area (Å²) in [5, 5.41) is 15.6. The van der Waals surface area contributed by atoms with Crippen LogP contribution in [0.4, 0.5) is 5.95 Å². The quantitative estimate of drug-likeness (QED) is 0.348. The molecule has 0 bridgehead atoms. The normalized spacial score (nSPS) is 18.5. The van der Waals surface area contributed by atoms with E-state index in [1.165, 1.54) is 0 Å². The number of benzene rings is 1. The number of halogens is 3. The number of aromatic nitrogens is 2. The van der Waals surface area contributed by atoms with Gasteiger partial charge in [0.1, 0.15) is 12.7 Å². The smallest absolute Gasteiger partial charge is 0.353 e. The number of nitrogens with zero attached hydrogens (tertiary/aromatic N) is 6. The van der Waals surface area contributed by atoms with E-state index < -0.39 is 5.72 Å². The van der Waals surface area contributed by atoms with Gasteiger partial charge in [-0.05, 0) is 17.7 Å². The summed E-state index contributed by atoms with van der Waals surface area (Å²) in [5.74, 6) is 0.592. The Labute approximate surface area is 158 Å². The first kappa shape index (κ1) is 18.8. The predicted octanol–water partition coefficient (Wildman–Crippen LogP) is 3.23. The van der Waals surface area contributed by atoms with Crippen LogP contribution < -0.4 is 9.47 Å². The van der Waals surface area contributed by atoms with Gasteiger partial charge in [0.15, 0.2) is 0 Å². The molecule has 1 aromatic carbocycles. The van der Waals surface area contributed by atoms with Crippen LogP contribution >= 0.6 is 40.2 Å². The summed E-state index contributed by atoms with van der Waals surface area (Å²) in [7, 11) is 0. The SMILES string of the molecule is Br.[N-]=[N+]=NCCN1c2nccc[n+]2CC1(O)c1ccc(Cl)c(Cl)c1. The van der Waals surface area contributed by atoms with Gasteiger partial charge in [0.25, 0.3) is 0 Å². The maximum Gasteiger partial charge on any atom is 0.396 e. The molecule has 1 aliphatic heterocycles. The van der Waals surface area contributed by atoms with Crippen LogP contribution in [0.15, 0.2) is 41.8 Å². The largest absolute Gasteiger partial charge is 0.396 e. The van der Waals surface area contributed by atoms with Crippen LogP contribution in [-0.4, -0.2) is 23.2 Å². The van der Waals surface area contributed by atoms with E-state index in [0.717, 1.165) is 0 Å². The molecule has 3 rings (SSSR count). The van der Waals surface area contributed by atoms with Crippen LogP contribution in [0.25, 0.3) is 10.4 Å². The Morgan fingerprint density at radius 1 is 1.42 bits per heavy atom. The highest BCUT2D eigenvalue weighted by Crippen LogP contribution is 2.36. The molecule has 0 radical (unpaired) electrons. The van der Waals surface area contributed by atoms with E-state index in [4.69, 9.17) is 28.7 Å². The lowest BCUT2D eigenvalue weighted by Crippen LogP contribution is -2.46. The van der Waals surface area contributed by atoms with Crippen LogP contribution in [0.2, 0.25) is 10.0 Å². The van der Waals surface area contributed by atoms with Crippen LogP contribution in [0.5, 0.6) is 0 Å². The van der Waals surface area contributed by atoms with Crippen molar-refractivity contribution in [2.75, 3.05) is 18.0 Å². The molecule has 24 heavy (non-hydrogen) atoms. The molecule has 0 saturated carbocycles. The van der Waals surface area contributed by atoms with Gasteiger partial charge < -0.3 is 5.11 Å². The van der Waals surface area contributed by atoms with Crippen LogP contribution in [-0.2, 0) is 12.3 Å². The average Bonchev–Trinajstić information content (AvgIpc) is 2.83. The number of fused-ring (bicyclic) bond motifs is 1. The summed E-state index contributed by atoms with van der Waals surface area (Å²) in [6.45, 7) is 0.804. The number of rotatable bonds is 4. The van der Waals surface area contributed by atoms with Gasteiger partial charge in [0.2, 0.25) is 5.72 Å². The summed E-state index contributed by atoms with van der Waals surface area (Å²) in [4.78, 5) is 8.76. The first-order valence-electron chi connectivity index (χ1n) is 6.87. The molecule has 0 aliphatic carbocycles. The number of hydrogen-bond donors (Lipinski definition) is 1. The minimum atomic E-state index is -1.35. The zero-order valence-electron chi connectivity index (χ0n) is 12.4. The standard InChI is InChI=1S/C14H13Cl2N6O.BrH/c15-11-3-2-10(8-12(11)16)14(23)9-21-6-1-4-18-13(21)22(14)7-5-19-20-17;/h1-4,6,8,23H,5,7,9H2;1H/q+1;. The molecule has 126 valence electrons. The number of hydrogen-bond acceptors (Lipinski definition) is 4. The van der Waals surface area contributed by atoms with E-state index in [-0.39, 0.29) is 30.1 Å². The van der Waals surface area contributed by atoms with Crippen molar-refractivity contribution in [2.45, 2.75) is 12.3 Å². The Morgan fingerprint density at radius 3 is 2.92 bits per heavy atom. The summed E-state index contributed by atoms with van der Waals surface area (Å²) in [6, 6.07) is 6.79. The highest BCUT2D eigenvalue weighted by molar-refractivity contribution is 8.93. The van der Waals surface area contributed by atoms with Crippen molar-refractivity contribution in [3.05, 3.63) is 62.7 Å². The third-order valence-electron chi connectivity index (χ3n) is 3.75. The number of aliphatic hydroxyl groups is 1. The van der Waals surface area contributed by atoms with Gasteiger partial charge >= 0.3 is 5.95 Å². The van der Waals surface area contributed by atoms with Crippen molar-refractivity contribution in [1.82, 2.24) is 4.98 Å². The van der Waals surface area contributed by atoms with Crippen molar-refractivity contribution in [2.24, 2.45) is 5.11 Å². The van der Waals surface area contributed by atoms with Gasteiger partial charge in [0.05, 0.1) is 29.3 Å². The van der Waals surface area contributed by atoms with E-state index in [0.29, 0.717) is 28.1 Å². The minimum absolute atomic E-state index is 0. The summed E-state index contributed by atoms with van der Waals surface area (Å²) < 4.78 is 1.83. The van der Waals surface area contributed by atoms with Crippen LogP contribution in [0, 0.1) is 0 Å². The molecule has 1 atom stereocenters. The van der Waals surface area contributed by atoms with E-state index in [9.17, 15) is 5.11 Å². The molecule has 0 spiro atoms. The molecule has 1 aromatic heterocycles. The van der Waals surface area contributed by atoms with Crippen LogP contribution in [0.3, 0.4) is 0 Å². The summed E-state index contributed by atoms with van der Waals surface area (Å²) >= 11 is 12.1. The molecule has 10 heteroatoms. The molecule has 0 saturated heterocycles. The van der Waals surface area contributed by atoms with E-state index >= 15 is 0 Å². The fraction of sp³-hybridized carbons (Fsp3) is 0.286. The fourth-order valence-corrected chi connectivity index (χ4v) is 2.99. The molecule has 2 aromatic rings. The Morgan fingerprint density at radius 2 is 2.21 bits per heavy atom. The Bertz CT molecular complexity index is 801. The van der Waals surface area contributed by atoms with Gasteiger partial charge in [0, 0.05) is 16.5 Å². The summed E-state index contributed by atoms with van der Waals surface area (Å²) in [5.41, 5.74) is 7.72. The number of anilines is 1. The van der Waals surface area contributed by atoms with E-state index in [1.54, 1.807) is 35.4 Å². The highest BCUT2D eigenvalue weighted by Gasteiger charge is 2.51. The highest BCUT2D eigenvalue weighted by atomic mass is 79.9. The third-order valence-corrected chi connectivity index (χ3v) is 4.49. The second-order valence-electron chi connectivity index (χ2n) is 5.10. The molecule has 0 amide bonds. The maximum absolute atomic E-state index is 11.3. The van der Waals surface area contributed by atoms with Crippen molar-refractivity contribution in [3.8, 4) is 0 Å². The molecule has 1 N–H and O–H groups in total. The Hall–Kier alpha value is -1.57. The predicted molar refractivity (Wildman–Crippen MR) is 96.5 cm³/mol. The van der Waals surface area contributed by atoms with Crippen molar-refractivity contribution in [1.29, 1.82) is 0 Å². The van der Waals surface area contributed by atoms with Crippen molar-refractivity contribution >= 4 is 46.1 Å². The zero-order chi connectivity index (χ0) is 16.4. The van der Waals surface area contributed by atoms with Gasteiger partial charge in [-0.3, -0.25) is 0 Å². The molecular weight excluding hydrogens is 419 g/mol. The molecule has 7 nitrogen and oxygen atoms in total. The monoisotopic (exact) mass is 431 g/mol. The molecule has 1 unspecified atom stereocenters. The number of azide groups is 1. The van der Waals surface area contributed by atoms with E-state index in [2.05, 4.69) is 15.0 Å². The molecule has 0 fully saturated rings. The van der Waals surface area contributed by atoms with Crippen molar-refractivity contribution in [3.63, 3.8) is 0 Å². The maximum atomic E-state index is 11.3. The second-order valence-corrected chi connectivity index (χ2v) is 5.91. The molecule has 1 aliphatic rings. The topological polar surface area (TPSA) is 89.0 Å². The lowest BCUT2D eigenvalue weighted by molar-refractivity contribution is -0.685. The average molecular weight is 433 g/mol. The van der Waals surface area contributed by atoms with Gasteiger partial charge in [-0.25, -0.2) is 9.47 Å². The minimum Gasteiger partial charge on any atom is -0.353 e. The molecule has 2 heterocycles. The van der Waals surface area contributed by atoms with Crippen molar-refractivity contribution < 1.29 is 9.67 Å². The zero-order valence-corrected chi connectivity index (χ0v) is 15.6.